The largest absolute Gasteiger partial charge is 0.506 e. The Labute approximate surface area is 129 Å². The van der Waals surface area contributed by atoms with Crippen molar-refractivity contribution in [1.82, 2.24) is 0 Å². The number of carboxylic acid groups (broad SMARTS) is 1. The molecule has 0 saturated carbocycles. The fraction of sp³-hybridized carbons (Fsp3) is 0.188. The van der Waals surface area contributed by atoms with Gasteiger partial charge in [-0.25, -0.2) is 0 Å². The molecule has 0 saturated heterocycles. The first-order valence-electron chi connectivity index (χ1n) is 6.65. The summed E-state index contributed by atoms with van der Waals surface area (Å²) >= 11 is 0. The van der Waals surface area contributed by atoms with Gasteiger partial charge in [0.1, 0.15) is 17.5 Å². The van der Waals surface area contributed by atoms with Gasteiger partial charge < -0.3 is 15.9 Å². The highest BCUT2D eigenvalue weighted by molar-refractivity contribution is 5.73. The van der Waals surface area contributed by atoms with E-state index in [1.54, 1.807) is 36.4 Å². The zero-order valence-electron chi connectivity index (χ0n) is 12.3. The molecule has 1 unspecified atom stereocenters. The van der Waals surface area contributed by atoms with E-state index in [0.29, 0.717) is 11.3 Å². The Kier molecular flexibility index (Phi) is 6.72. The minimum absolute atomic E-state index is 0.0421. The van der Waals surface area contributed by atoms with Crippen molar-refractivity contribution in [3.63, 3.8) is 0 Å². The molecule has 1 rings (SSSR count). The van der Waals surface area contributed by atoms with Gasteiger partial charge in [-0.05, 0) is 37.1 Å². The van der Waals surface area contributed by atoms with E-state index in [2.05, 4.69) is 16.8 Å². The molecule has 0 heterocycles. The van der Waals surface area contributed by atoms with Gasteiger partial charge in [0.25, 0.3) is 0 Å². The van der Waals surface area contributed by atoms with Crippen LogP contribution in [0.15, 0.2) is 65.0 Å². The average Bonchev–Trinajstić information content (AvgIpc) is 2.50. The van der Waals surface area contributed by atoms with Crippen molar-refractivity contribution < 1.29 is 15.0 Å². The van der Waals surface area contributed by atoms with Crippen LogP contribution in [0.25, 0.3) is 0 Å². The van der Waals surface area contributed by atoms with Gasteiger partial charge in [0, 0.05) is 0 Å². The van der Waals surface area contributed by atoms with Gasteiger partial charge in [-0.3, -0.25) is 4.79 Å². The number of rotatable bonds is 7. The molecule has 1 atom stereocenters. The lowest BCUT2D eigenvalue weighted by Crippen LogP contribution is -2.32. The van der Waals surface area contributed by atoms with E-state index in [4.69, 9.17) is 10.8 Å². The van der Waals surface area contributed by atoms with E-state index >= 15 is 0 Å². The van der Waals surface area contributed by atoms with Crippen LogP contribution >= 0.6 is 0 Å². The molecule has 6 nitrogen and oxygen atoms in total. The number of carboxylic acids is 1. The molecule has 1 aromatic rings. The number of phenolic OH excluding ortho intramolecular Hbond substituents is 1. The SMILES string of the molecule is C=C\C=C/C(=C\C)/N=N/c1cc(CC(N)C(=O)O)ccc1O. The van der Waals surface area contributed by atoms with E-state index in [1.165, 1.54) is 6.07 Å². The number of phenols is 1. The average molecular weight is 301 g/mol. The van der Waals surface area contributed by atoms with Gasteiger partial charge in [0.05, 0.1) is 5.70 Å². The number of hydrogen-bond donors (Lipinski definition) is 3. The lowest BCUT2D eigenvalue weighted by molar-refractivity contribution is -0.138. The molecular weight excluding hydrogens is 282 g/mol. The number of nitrogens with zero attached hydrogens (tertiary/aromatic N) is 2. The first kappa shape index (κ1) is 17.3. The van der Waals surface area contributed by atoms with Crippen LogP contribution in [0.1, 0.15) is 12.5 Å². The number of aliphatic carboxylic acids is 1. The van der Waals surface area contributed by atoms with Crippen molar-refractivity contribution in [1.29, 1.82) is 0 Å². The van der Waals surface area contributed by atoms with Gasteiger partial charge >= 0.3 is 5.97 Å². The second kappa shape index (κ2) is 8.53. The number of carbonyl (C=O) groups is 1. The van der Waals surface area contributed by atoms with Crippen LogP contribution in [0, 0.1) is 0 Å². The molecule has 0 amide bonds. The van der Waals surface area contributed by atoms with Crippen LogP contribution in [0.2, 0.25) is 0 Å². The summed E-state index contributed by atoms with van der Waals surface area (Å²) in [5, 5.41) is 26.6. The van der Waals surface area contributed by atoms with Crippen molar-refractivity contribution in [3.8, 4) is 5.75 Å². The monoisotopic (exact) mass is 301 g/mol. The summed E-state index contributed by atoms with van der Waals surface area (Å²) in [5.74, 6) is -1.12. The van der Waals surface area contributed by atoms with Crippen molar-refractivity contribution in [2.24, 2.45) is 16.0 Å². The maximum absolute atomic E-state index is 10.8. The quantitative estimate of drug-likeness (QED) is 0.531. The minimum Gasteiger partial charge on any atom is -0.506 e. The van der Waals surface area contributed by atoms with E-state index in [1.807, 2.05) is 6.92 Å². The Morgan fingerprint density at radius 3 is 2.82 bits per heavy atom. The van der Waals surface area contributed by atoms with Crippen LogP contribution < -0.4 is 5.73 Å². The van der Waals surface area contributed by atoms with Crippen molar-refractivity contribution in [3.05, 3.63) is 60.3 Å². The van der Waals surface area contributed by atoms with E-state index < -0.39 is 12.0 Å². The summed E-state index contributed by atoms with van der Waals surface area (Å²) in [4.78, 5) is 10.8. The number of hydrogen-bond acceptors (Lipinski definition) is 5. The zero-order valence-corrected chi connectivity index (χ0v) is 12.3. The fourth-order valence-electron chi connectivity index (χ4n) is 1.58. The minimum atomic E-state index is -1.08. The first-order valence-corrected chi connectivity index (χ1v) is 6.65. The van der Waals surface area contributed by atoms with Crippen LogP contribution in [0.5, 0.6) is 5.75 Å². The molecule has 0 bridgehead atoms. The van der Waals surface area contributed by atoms with Gasteiger partial charge in [0.2, 0.25) is 0 Å². The third-order valence-corrected chi connectivity index (χ3v) is 2.78. The molecule has 0 aromatic heterocycles. The number of azo groups is 1. The standard InChI is InChI=1S/C16H19N3O3/c1-3-5-6-12(4-2)18-19-14-10-11(7-8-15(14)20)9-13(17)16(21)22/h3-8,10,13,20H,1,9,17H2,2H3,(H,21,22)/b6-5-,12-4+,19-18+. The Bertz CT molecular complexity index is 634. The molecule has 0 radical (unpaired) electrons. The third kappa shape index (κ3) is 5.34. The summed E-state index contributed by atoms with van der Waals surface area (Å²) < 4.78 is 0. The highest BCUT2D eigenvalue weighted by atomic mass is 16.4. The van der Waals surface area contributed by atoms with Gasteiger partial charge in [0.15, 0.2) is 0 Å². The predicted molar refractivity (Wildman–Crippen MR) is 85.0 cm³/mol. The second-order valence-electron chi connectivity index (χ2n) is 4.48. The van der Waals surface area contributed by atoms with Crippen LogP contribution in [0.4, 0.5) is 5.69 Å². The fourth-order valence-corrected chi connectivity index (χ4v) is 1.58. The molecule has 1 aromatic carbocycles. The second-order valence-corrected chi connectivity index (χ2v) is 4.48. The third-order valence-electron chi connectivity index (χ3n) is 2.78. The van der Waals surface area contributed by atoms with Crippen LogP contribution in [-0.2, 0) is 11.2 Å². The highest BCUT2D eigenvalue weighted by Gasteiger charge is 2.13. The molecule has 0 aliphatic heterocycles. The smallest absolute Gasteiger partial charge is 0.320 e. The Hall–Kier alpha value is -2.73. The summed E-state index contributed by atoms with van der Waals surface area (Å²) in [5.41, 5.74) is 7.00. The van der Waals surface area contributed by atoms with E-state index in [-0.39, 0.29) is 17.9 Å². The Balaban J connectivity index is 2.97. The maximum Gasteiger partial charge on any atom is 0.320 e. The van der Waals surface area contributed by atoms with Crippen molar-refractivity contribution in [2.75, 3.05) is 0 Å². The molecule has 4 N–H and O–H groups in total. The molecule has 0 fully saturated rings. The summed E-state index contributed by atoms with van der Waals surface area (Å²) in [6.07, 6.45) is 6.95. The van der Waals surface area contributed by atoms with Crippen LogP contribution in [0.3, 0.4) is 0 Å². The lowest BCUT2D eigenvalue weighted by atomic mass is 10.1. The molecule has 0 spiro atoms. The van der Waals surface area contributed by atoms with Crippen molar-refractivity contribution >= 4 is 11.7 Å². The maximum atomic E-state index is 10.8. The number of benzene rings is 1. The first-order chi connectivity index (χ1) is 10.5. The van der Waals surface area contributed by atoms with E-state index in [9.17, 15) is 9.90 Å². The molecular formula is C16H19N3O3. The molecule has 0 aliphatic carbocycles. The lowest BCUT2D eigenvalue weighted by Gasteiger charge is -2.07. The van der Waals surface area contributed by atoms with Gasteiger partial charge in [-0.2, -0.15) is 5.11 Å². The summed E-state index contributed by atoms with van der Waals surface area (Å²) in [6, 6.07) is 3.60. The van der Waals surface area contributed by atoms with E-state index in [0.717, 1.165) is 0 Å². The molecule has 6 heteroatoms. The Morgan fingerprint density at radius 2 is 2.23 bits per heavy atom. The van der Waals surface area contributed by atoms with Crippen molar-refractivity contribution in [2.45, 2.75) is 19.4 Å². The molecule has 116 valence electrons. The number of nitrogens with two attached hydrogens (primary N) is 1. The topological polar surface area (TPSA) is 108 Å². The number of allylic oxidation sites excluding steroid dienone is 4. The normalized spacial score (nSPS) is 13.6. The predicted octanol–water partition coefficient (Wildman–Crippen LogP) is 3.08. The Morgan fingerprint density at radius 1 is 1.50 bits per heavy atom. The van der Waals surface area contributed by atoms with Crippen LogP contribution in [-0.4, -0.2) is 22.2 Å². The molecule has 22 heavy (non-hydrogen) atoms. The number of aromatic hydroxyl groups is 1. The highest BCUT2D eigenvalue weighted by Crippen LogP contribution is 2.28. The summed E-state index contributed by atoms with van der Waals surface area (Å²) in [6.45, 7) is 5.38. The zero-order chi connectivity index (χ0) is 16.5. The van der Waals surface area contributed by atoms with Gasteiger partial charge in [-0.15, -0.1) is 5.11 Å². The van der Waals surface area contributed by atoms with Gasteiger partial charge in [-0.1, -0.05) is 30.9 Å². The summed E-state index contributed by atoms with van der Waals surface area (Å²) in [7, 11) is 0. The molecule has 0 aliphatic rings.